The van der Waals surface area contributed by atoms with Gasteiger partial charge in [-0.05, 0) is 17.7 Å². The monoisotopic (exact) mass is 322 g/mol. The number of amides is 1. The number of hydrogen-bond donors (Lipinski definition) is 1. The Morgan fingerprint density at radius 3 is 2.52 bits per heavy atom. The molecule has 0 saturated carbocycles. The summed E-state index contributed by atoms with van der Waals surface area (Å²) in [5.74, 6) is -0.157. The summed E-state index contributed by atoms with van der Waals surface area (Å²) in [5.41, 5.74) is 3.25. The number of rotatable bonds is 4. The first-order valence-corrected chi connectivity index (χ1v) is 7.64. The minimum atomic E-state index is -0.157. The van der Waals surface area contributed by atoms with Crippen LogP contribution in [0.25, 0.3) is 11.1 Å². The third kappa shape index (κ3) is 3.76. The number of halogens is 1. The Hall–Kier alpha value is -2.65. The van der Waals surface area contributed by atoms with E-state index in [1.807, 2.05) is 54.6 Å². The molecule has 0 radical (unpaired) electrons. The normalized spacial score (nSPS) is 10.3. The summed E-state index contributed by atoms with van der Waals surface area (Å²) in [7, 11) is 0. The van der Waals surface area contributed by atoms with Crippen molar-refractivity contribution in [1.82, 2.24) is 10.3 Å². The van der Waals surface area contributed by atoms with Gasteiger partial charge in [0, 0.05) is 35.1 Å². The van der Waals surface area contributed by atoms with Crippen LogP contribution in [0.1, 0.15) is 15.9 Å². The minimum absolute atomic E-state index is 0.157. The first-order valence-electron chi connectivity index (χ1n) is 7.26. The Balaban J connectivity index is 1.77. The molecule has 0 aliphatic rings. The Kier molecular flexibility index (Phi) is 4.69. The van der Waals surface area contributed by atoms with Crippen LogP contribution in [-0.2, 0) is 6.54 Å². The number of nitrogens with zero attached hydrogens (tertiary/aromatic N) is 1. The van der Waals surface area contributed by atoms with E-state index in [9.17, 15) is 4.79 Å². The van der Waals surface area contributed by atoms with Crippen LogP contribution >= 0.6 is 11.6 Å². The lowest BCUT2D eigenvalue weighted by Crippen LogP contribution is -2.22. The summed E-state index contributed by atoms with van der Waals surface area (Å²) in [6.07, 6.45) is 3.26. The molecule has 23 heavy (non-hydrogen) atoms. The third-order valence-corrected chi connectivity index (χ3v) is 3.81. The molecule has 3 nitrogen and oxygen atoms in total. The van der Waals surface area contributed by atoms with Gasteiger partial charge in [0.05, 0.1) is 5.56 Å². The first-order chi connectivity index (χ1) is 11.2. The maximum Gasteiger partial charge on any atom is 0.253 e. The highest BCUT2D eigenvalue weighted by molar-refractivity contribution is 6.33. The highest BCUT2D eigenvalue weighted by Crippen LogP contribution is 2.27. The van der Waals surface area contributed by atoms with Crippen molar-refractivity contribution in [2.45, 2.75) is 6.54 Å². The minimum Gasteiger partial charge on any atom is -0.348 e. The number of carbonyl (C=O) groups excluding carboxylic acids is 1. The van der Waals surface area contributed by atoms with Gasteiger partial charge in [-0.1, -0.05) is 60.1 Å². The lowest BCUT2D eigenvalue weighted by Gasteiger charge is -2.08. The average Bonchev–Trinajstić information content (AvgIpc) is 2.61. The van der Waals surface area contributed by atoms with Crippen LogP contribution in [0.15, 0.2) is 73.1 Å². The Labute approximate surface area is 140 Å². The molecule has 0 aliphatic carbocycles. The quantitative estimate of drug-likeness (QED) is 0.776. The van der Waals surface area contributed by atoms with Crippen LogP contribution < -0.4 is 5.32 Å². The summed E-state index contributed by atoms with van der Waals surface area (Å²) >= 11 is 6.20. The van der Waals surface area contributed by atoms with Crippen molar-refractivity contribution in [3.05, 3.63) is 89.2 Å². The van der Waals surface area contributed by atoms with Gasteiger partial charge in [-0.2, -0.15) is 0 Å². The van der Waals surface area contributed by atoms with Crippen LogP contribution in [-0.4, -0.2) is 10.9 Å². The molecule has 3 aromatic rings. The Bertz CT molecular complexity index is 818. The molecule has 0 unspecified atom stereocenters. The maximum atomic E-state index is 12.3. The molecule has 4 heteroatoms. The van der Waals surface area contributed by atoms with Crippen LogP contribution in [0.3, 0.4) is 0 Å². The predicted octanol–water partition coefficient (Wildman–Crippen LogP) is 4.33. The standard InChI is InChI=1S/C19H15ClN2O/c20-18-9-5-4-8-17(18)15-10-16(13-21-12-15)19(23)22-11-14-6-2-1-3-7-14/h1-10,12-13H,11H2,(H,22,23). The highest BCUT2D eigenvalue weighted by atomic mass is 35.5. The summed E-state index contributed by atoms with van der Waals surface area (Å²) in [5, 5.41) is 3.53. The predicted molar refractivity (Wildman–Crippen MR) is 92.3 cm³/mol. The highest BCUT2D eigenvalue weighted by Gasteiger charge is 2.09. The zero-order chi connectivity index (χ0) is 16.1. The third-order valence-electron chi connectivity index (χ3n) is 3.48. The molecule has 2 aromatic carbocycles. The second kappa shape index (κ2) is 7.07. The van der Waals surface area contributed by atoms with Crippen LogP contribution in [0.5, 0.6) is 0 Å². The molecular formula is C19H15ClN2O. The number of aromatic nitrogens is 1. The SMILES string of the molecule is O=C(NCc1ccccc1)c1cncc(-c2ccccc2Cl)c1. The van der Waals surface area contributed by atoms with E-state index in [2.05, 4.69) is 10.3 Å². The summed E-state index contributed by atoms with van der Waals surface area (Å²) in [6, 6.07) is 19.1. The molecule has 0 bridgehead atoms. The summed E-state index contributed by atoms with van der Waals surface area (Å²) < 4.78 is 0. The molecule has 0 aliphatic heterocycles. The number of hydrogen-bond acceptors (Lipinski definition) is 2. The number of benzene rings is 2. The number of pyridine rings is 1. The van der Waals surface area contributed by atoms with Crippen LogP contribution in [0, 0.1) is 0 Å². The van der Waals surface area contributed by atoms with E-state index in [-0.39, 0.29) is 5.91 Å². The lowest BCUT2D eigenvalue weighted by atomic mass is 10.1. The Morgan fingerprint density at radius 2 is 1.74 bits per heavy atom. The van der Waals surface area contributed by atoms with Gasteiger partial charge >= 0.3 is 0 Å². The van der Waals surface area contributed by atoms with Crippen molar-refractivity contribution in [2.75, 3.05) is 0 Å². The fraction of sp³-hybridized carbons (Fsp3) is 0.0526. The van der Waals surface area contributed by atoms with E-state index < -0.39 is 0 Å². The molecule has 0 atom stereocenters. The van der Waals surface area contributed by atoms with Gasteiger partial charge in [0.25, 0.3) is 5.91 Å². The molecule has 1 heterocycles. The largest absolute Gasteiger partial charge is 0.348 e. The van der Waals surface area contributed by atoms with E-state index in [1.54, 1.807) is 18.5 Å². The van der Waals surface area contributed by atoms with Crippen molar-refractivity contribution in [1.29, 1.82) is 0 Å². The van der Waals surface area contributed by atoms with Gasteiger partial charge in [-0.25, -0.2) is 0 Å². The van der Waals surface area contributed by atoms with E-state index in [0.29, 0.717) is 17.1 Å². The molecule has 1 aromatic heterocycles. The van der Waals surface area contributed by atoms with Crippen molar-refractivity contribution in [3.8, 4) is 11.1 Å². The summed E-state index contributed by atoms with van der Waals surface area (Å²) in [4.78, 5) is 16.5. The number of carbonyl (C=O) groups is 1. The van der Waals surface area contributed by atoms with E-state index in [0.717, 1.165) is 16.7 Å². The zero-order valence-corrected chi connectivity index (χ0v) is 13.1. The molecule has 0 saturated heterocycles. The zero-order valence-electron chi connectivity index (χ0n) is 12.4. The van der Waals surface area contributed by atoms with Gasteiger partial charge in [0.1, 0.15) is 0 Å². The molecule has 1 N–H and O–H groups in total. The average molecular weight is 323 g/mol. The van der Waals surface area contributed by atoms with Crippen molar-refractivity contribution in [3.63, 3.8) is 0 Å². The van der Waals surface area contributed by atoms with Gasteiger partial charge in [-0.15, -0.1) is 0 Å². The molecule has 1 amide bonds. The molecule has 0 spiro atoms. The van der Waals surface area contributed by atoms with Gasteiger partial charge in [0.2, 0.25) is 0 Å². The fourth-order valence-electron chi connectivity index (χ4n) is 2.29. The lowest BCUT2D eigenvalue weighted by molar-refractivity contribution is 0.0950. The van der Waals surface area contributed by atoms with Crippen molar-refractivity contribution >= 4 is 17.5 Å². The molecular weight excluding hydrogens is 308 g/mol. The van der Waals surface area contributed by atoms with Gasteiger partial charge in [-0.3, -0.25) is 9.78 Å². The first kappa shape index (κ1) is 15.3. The maximum absolute atomic E-state index is 12.3. The summed E-state index contributed by atoms with van der Waals surface area (Å²) in [6.45, 7) is 0.482. The topological polar surface area (TPSA) is 42.0 Å². The van der Waals surface area contributed by atoms with Crippen LogP contribution in [0.2, 0.25) is 5.02 Å². The van der Waals surface area contributed by atoms with Crippen molar-refractivity contribution < 1.29 is 4.79 Å². The van der Waals surface area contributed by atoms with Gasteiger partial charge in [0.15, 0.2) is 0 Å². The van der Waals surface area contributed by atoms with Crippen LogP contribution in [0.4, 0.5) is 0 Å². The molecule has 114 valence electrons. The van der Waals surface area contributed by atoms with E-state index in [4.69, 9.17) is 11.6 Å². The van der Waals surface area contributed by atoms with E-state index in [1.165, 1.54) is 0 Å². The smallest absolute Gasteiger partial charge is 0.253 e. The molecule has 3 rings (SSSR count). The second-order valence-corrected chi connectivity index (χ2v) is 5.52. The van der Waals surface area contributed by atoms with E-state index >= 15 is 0 Å². The van der Waals surface area contributed by atoms with Gasteiger partial charge < -0.3 is 5.32 Å². The fourth-order valence-corrected chi connectivity index (χ4v) is 2.53. The second-order valence-electron chi connectivity index (χ2n) is 5.11. The van der Waals surface area contributed by atoms with Crippen molar-refractivity contribution in [2.24, 2.45) is 0 Å². The number of nitrogens with one attached hydrogen (secondary N) is 1. The molecule has 0 fully saturated rings. The Morgan fingerprint density at radius 1 is 1.00 bits per heavy atom.